The van der Waals surface area contributed by atoms with Crippen LogP contribution in [0.5, 0.6) is 0 Å². The minimum Gasteiger partial charge on any atom is -1.00 e. The van der Waals surface area contributed by atoms with Crippen molar-refractivity contribution in [2.24, 2.45) is 0 Å². The van der Waals surface area contributed by atoms with Gasteiger partial charge in [-0.2, -0.15) is 0 Å². The number of benzene rings is 4. The van der Waals surface area contributed by atoms with Crippen LogP contribution >= 0.6 is 15.9 Å². The van der Waals surface area contributed by atoms with E-state index in [4.69, 9.17) is 0 Å². The molecular weight excluding hydrogens is 654 g/mol. The van der Waals surface area contributed by atoms with Gasteiger partial charge in [0, 0.05) is 19.9 Å². The number of hydrogen-bond donors (Lipinski definition) is 0. The molecular formula is C32H28BrCl2SiZr. The van der Waals surface area contributed by atoms with Crippen molar-refractivity contribution in [1.82, 2.24) is 0 Å². The van der Waals surface area contributed by atoms with Crippen molar-refractivity contribution < 1.29 is 51.0 Å². The molecule has 1 aliphatic carbocycles. The zero-order chi connectivity index (χ0) is 23.7. The molecule has 0 heterocycles. The number of fused-ring (bicyclic) bond motifs is 4. The third-order valence-corrected chi connectivity index (χ3v) is 7.25. The first-order valence-corrected chi connectivity index (χ1v) is 14.7. The summed E-state index contributed by atoms with van der Waals surface area (Å²) in [4.78, 5) is 0. The molecule has 0 spiro atoms. The minimum absolute atomic E-state index is 0. The van der Waals surface area contributed by atoms with Crippen LogP contribution in [0.25, 0.3) is 38.7 Å². The summed E-state index contributed by atoms with van der Waals surface area (Å²) in [5.41, 5.74) is 8.31. The molecule has 3 radical (unpaired) electrons. The fourth-order valence-electron chi connectivity index (χ4n) is 5.27. The third kappa shape index (κ3) is 6.13. The summed E-state index contributed by atoms with van der Waals surface area (Å²) in [5.74, 6) is 0.316. The summed E-state index contributed by atoms with van der Waals surface area (Å²) in [5, 5.41) is 5.42. The smallest absolute Gasteiger partial charge is 1.00 e. The Morgan fingerprint density at radius 2 is 1.41 bits per heavy atom. The molecule has 0 N–H and O–H groups in total. The van der Waals surface area contributed by atoms with Crippen LogP contribution in [0.2, 0.25) is 13.1 Å². The molecule has 1 aliphatic rings. The summed E-state index contributed by atoms with van der Waals surface area (Å²) < 4.78 is 1.11. The second kappa shape index (κ2) is 14.2. The Balaban J connectivity index is 0.000000767. The van der Waals surface area contributed by atoms with Gasteiger partial charge in [0.05, 0.1) is 0 Å². The van der Waals surface area contributed by atoms with Gasteiger partial charge in [-0.3, -0.25) is 0 Å². The Kier molecular flexibility index (Phi) is 12.2. The SMILES string of the molecule is CCC1=Cc2c(-c3ccc(Br)cc3)cccc2C1c1cccc2c1[cH-]c1ccccc12.C[Si]C.[Cl-].[Cl-].[Zr+3]. The van der Waals surface area contributed by atoms with E-state index in [1.807, 2.05) is 0 Å². The maximum absolute atomic E-state index is 3.57. The van der Waals surface area contributed by atoms with Crippen molar-refractivity contribution in [2.75, 3.05) is 0 Å². The number of rotatable bonds is 3. The fraction of sp³-hybridized carbons (Fsp3) is 0.156. The summed E-state index contributed by atoms with van der Waals surface area (Å²) >= 11 is 3.57. The van der Waals surface area contributed by atoms with Crippen LogP contribution in [-0.2, 0) is 26.2 Å². The van der Waals surface area contributed by atoms with E-state index < -0.39 is 0 Å². The van der Waals surface area contributed by atoms with Crippen molar-refractivity contribution in [3.63, 3.8) is 0 Å². The molecule has 37 heavy (non-hydrogen) atoms. The molecule has 0 bridgehead atoms. The molecule has 0 aliphatic heterocycles. The van der Waals surface area contributed by atoms with Crippen molar-refractivity contribution >= 4 is 53.1 Å². The van der Waals surface area contributed by atoms with Gasteiger partial charge in [0.1, 0.15) is 0 Å². The molecule has 0 fully saturated rings. The molecule has 0 saturated carbocycles. The quantitative estimate of drug-likeness (QED) is 0.201. The summed E-state index contributed by atoms with van der Waals surface area (Å²) in [6.45, 7) is 6.59. The van der Waals surface area contributed by atoms with Crippen LogP contribution in [0.15, 0.2) is 101 Å². The first kappa shape index (κ1) is 31.9. The summed E-state index contributed by atoms with van der Waals surface area (Å²) in [6.07, 6.45) is 3.49. The van der Waals surface area contributed by atoms with E-state index >= 15 is 0 Å². The molecule has 5 aromatic rings. The van der Waals surface area contributed by atoms with Crippen LogP contribution in [-0.4, -0.2) is 9.52 Å². The monoisotopic (exact) mass is 679 g/mol. The number of allylic oxidation sites excluding steroid dienone is 1. The maximum Gasteiger partial charge on any atom is 3.00 e. The van der Waals surface area contributed by atoms with Crippen LogP contribution in [0.4, 0.5) is 0 Å². The van der Waals surface area contributed by atoms with Gasteiger partial charge >= 0.3 is 26.2 Å². The summed E-state index contributed by atoms with van der Waals surface area (Å²) in [7, 11) is 1.08. The standard InChI is InChI=1S/C30H22Br.C2H6Si.2ClH.Zr/c1-2-19-17-28-23(20-13-15-22(31)16-14-20)9-5-11-26(28)30(19)27-12-6-10-25-24-8-4-3-7-21(24)18-29(25)27;1-3-2;;;/h3-18,30H,2H2,1H3;1-2H3;2*1H;/q-1;;;;+3/p-2. The van der Waals surface area contributed by atoms with Gasteiger partial charge in [-0.15, -0.1) is 33.7 Å². The van der Waals surface area contributed by atoms with E-state index in [-0.39, 0.29) is 51.0 Å². The average molecular weight is 683 g/mol. The van der Waals surface area contributed by atoms with E-state index in [0.717, 1.165) is 20.4 Å². The van der Waals surface area contributed by atoms with Gasteiger partial charge in [-0.1, -0.05) is 120 Å². The zero-order valence-electron chi connectivity index (χ0n) is 21.2. The minimum atomic E-state index is 0. The van der Waals surface area contributed by atoms with Gasteiger partial charge in [-0.25, -0.2) is 0 Å². The normalized spacial score (nSPS) is 13.4. The molecule has 0 aromatic heterocycles. The molecule has 1 atom stereocenters. The van der Waals surface area contributed by atoms with E-state index in [2.05, 4.69) is 133 Å². The molecule has 6 rings (SSSR count). The molecule has 185 valence electrons. The van der Waals surface area contributed by atoms with Gasteiger partial charge < -0.3 is 24.8 Å². The molecule has 5 heteroatoms. The van der Waals surface area contributed by atoms with Crippen LogP contribution in [0.1, 0.15) is 36.0 Å². The van der Waals surface area contributed by atoms with Crippen molar-refractivity contribution in [1.29, 1.82) is 0 Å². The van der Waals surface area contributed by atoms with E-state index in [1.54, 1.807) is 0 Å². The molecule has 1 unspecified atom stereocenters. The van der Waals surface area contributed by atoms with E-state index in [9.17, 15) is 0 Å². The number of halogens is 3. The van der Waals surface area contributed by atoms with E-state index in [0.29, 0.717) is 5.92 Å². The predicted molar refractivity (Wildman–Crippen MR) is 154 cm³/mol. The van der Waals surface area contributed by atoms with Crippen molar-refractivity contribution in [2.45, 2.75) is 32.4 Å². The Morgan fingerprint density at radius 1 is 0.784 bits per heavy atom. The average Bonchev–Trinajstić information content (AvgIpc) is 3.43. The molecule has 5 aromatic carbocycles. The Hall–Kier alpha value is -1.35. The van der Waals surface area contributed by atoms with Crippen LogP contribution < -0.4 is 24.8 Å². The van der Waals surface area contributed by atoms with Gasteiger partial charge in [0.15, 0.2) is 0 Å². The van der Waals surface area contributed by atoms with Crippen molar-refractivity contribution in [3.8, 4) is 11.1 Å². The number of hydrogen-bond acceptors (Lipinski definition) is 0. The second-order valence-corrected chi connectivity index (χ2v) is 10.8. The topological polar surface area (TPSA) is 0 Å². The zero-order valence-corrected chi connectivity index (χ0v) is 27.7. The van der Waals surface area contributed by atoms with Crippen LogP contribution in [0.3, 0.4) is 0 Å². The predicted octanol–water partition coefficient (Wildman–Crippen LogP) is 3.87. The Labute approximate surface area is 263 Å². The van der Waals surface area contributed by atoms with Crippen molar-refractivity contribution in [3.05, 3.63) is 118 Å². The Morgan fingerprint density at radius 3 is 2.11 bits per heavy atom. The van der Waals surface area contributed by atoms with Crippen LogP contribution in [0, 0.1) is 0 Å². The van der Waals surface area contributed by atoms with E-state index in [1.165, 1.54) is 54.9 Å². The third-order valence-electron chi connectivity index (χ3n) is 6.72. The van der Waals surface area contributed by atoms with Gasteiger partial charge in [-0.05, 0) is 40.8 Å². The van der Waals surface area contributed by atoms with Gasteiger partial charge in [0.25, 0.3) is 0 Å². The molecule has 0 nitrogen and oxygen atoms in total. The maximum atomic E-state index is 3.57. The Bertz CT molecular complexity index is 1510. The molecule has 0 amide bonds. The summed E-state index contributed by atoms with van der Waals surface area (Å²) in [6, 6.07) is 33.4. The second-order valence-electron chi connectivity index (χ2n) is 8.86. The fourth-order valence-corrected chi connectivity index (χ4v) is 5.54. The largest absolute Gasteiger partial charge is 3.00 e. The molecule has 0 saturated heterocycles. The first-order valence-electron chi connectivity index (χ1n) is 11.9. The van der Waals surface area contributed by atoms with Gasteiger partial charge in [0.2, 0.25) is 0 Å². The first-order chi connectivity index (χ1) is 16.7.